The largest absolute Gasteiger partial charge is 0.356 e. The monoisotopic (exact) mass is 197 g/mol. The second-order valence-electron chi connectivity index (χ2n) is 2.75. The zero-order valence-electron chi connectivity index (χ0n) is 7.16. The lowest BCUT2D eigenvalue weighted by Crippen LogP contribution is -2.40. The molecule has 0 radical (unpaired) electrons. The molecule has 2 N–H and O–H groups in total. The smallest absolute Gasteiger partial charge is 0.191 e. The van der Waals surface area contributed by atoms with Crippen LogP contribution in [0.25, 0.3) is 0 Å². The van der Waals surface area contributed by atoms with Crippen LogP contribution in [0.2, 0.25) is 0 Å². The third-order valence-electron chi connectivity index (χ3n) is 1.73. The zero-order chi connectivity index (χ0) is 8.93. The first-order valence-electron chi connectivity index (χ1n) is 4.23. The molecule has 0 bridgehead atoms. The molecule has 0 fully saturated rings. The molecule has 1 aliphatic heterocycles. The van der Waals surface area contributed by atoms with Gasteiger partial charge in [-0.2, -0.15) is 0 Å². The Balaban J connectivity index is 1.82. The highest BCUT2D eigenvalue weighted by Crippen LogP contribution is 2.00. The summed E-state index contributed by atoms with van der Waals surface area (Å²) in [5.41, 5.74) is 0. The SMILES string of the molecule is c1nnsc1CNC1=NCCCN1. The Morgan fingerprint density at radius 1 is 1.62 bits per heavy atom. The van der Waals surface area contributed by atoms with Crippen LogP contribution in [-0.4, -0.2) is 28.6 Å². The lowest BCUT2D eigenvalue weighted by Gasteiger charge is -2.14. The molecule has 6 heteroatoms. The zero-order valence-corrected chi connectivity index (χ0v) is 7.97. The average molecular weight is 197 g/mol. The highest BCUT2D eigenvalue weighted by molar-refractivity contribution is 7.05. The fourth-order valence-corrected chi connectivity index (χ4v) is 1.52. The first-order chi connectivity index (χ1) is 6.45. The van der Waals surface area contributed by atoms with E-state index in [0.29, 0.717) is 0 Å². The van der Waals surface area contributed by atoms with Crippen molar-refractivity contribution in [2.75, 3.05) is 13.1 Å². The van der Waals surface area contributed by atoms with E-state index < -0.39 is 0 Å². The van der Waals surface area contributed by atoms with Crippen molar-refractivity contribution in [1.82, 2.24) is 20.2 Å². The van der Waals surface area contributed by atoms with Crippen LogP contribution in [0.3, 0.4) is 0 Å². The van der Waals surface area contributed by atoms with Crippen LogP contribution < -0.4 is 10.6 Å². The van der Waals surface area contributed by atoms with Gasteiger partial charge in [0.05, 0.1) is 17.6 Å². The van der Waals surface area contributed by atoms with Gasteiger partial charge in [-0.3, -0.25) is 4.99 Å². The fourth-order valence-electron chi connectivity index (χ4n) is 1.09. The maximum absolute atomic E-state index is 4.29. The predicted molar refractivity (Wildman–Crippen MR) is 51.7 cm³/mol. The Bertz CT molecular complexity index is 281. The molecule has 0 aromatic carbocycles. The maximum Gasteiger partial charge on any atom is 0.191 e. The molecule has 2 heterocycles. The molecule has 0 aliphatic carbocycles. The number of hydrogen-bond donors (Lipinski definition) is 2. The van der Waals surface area contributed by atoms with E-state index in [2.05, 4.69) is 25.2 Å². The van der Waals surface area contributed by atoms with Gasteiger partial charge in [0.15, 0.2) is 5.96 Å². The van der Waals surface area contributed by atoms with Gasteiger partial charge in [-0.05, 0) is 18.0 Å². The summed E-state index contributed by atoms with van der Waals surface area (Å²) >= 11 is 1.41. The third kappa shape index (κ3) is 2.38. The molecule has 1 aromatic heterocycles. The number of nitrogens with one attached hydrogen (secondary N) is 2. The minimum atomic E-state index is 0.753. The molecule has 0 spiro atoms. The minimum absolute atomic E-state index is 0.753. The summed E-state index contributed by atoms with van der Waals surface area (Å²) in [5, 5.41) is 10.1. The molecular formula is C7H11N5S. The van der Waals surface area contributed by atoms with Gasteiger partial charge in [0, 0.05) is 13.1 Å². The van der Waals surface area contributed by atoms with E-state index in [4.69, 9.17) is 0 Å². The Morgan fingerprint density at radius 3 is 3.31 bits per heavy atom. The third-order valence-corrected chi connectivity index (χ3v) is 2.39. The molecule has 0 saturated carbocycles. The van der Waals surface area contributed by atoms with E-state index in [1.165, 1.54) is 11.5 Å². The quantitative estimate of drug-likeness (QED) is 0.699. The van der Waals surface area contributed by atoms with E-state index in [0.717, 1.165) is 36.9 Å². The molecule has 1 aliphatic rings. The van der Waals surface area contributed by atoms with Gasteiger partial charge in [0.2, 0.25) is 0 Å². The van der Waals surface area contributed by atoms with E-state index >= 15 is 0 Å². The Hall–Kier alpha value is -1.17. The lowest BCUT2D eigenvalue weighted by molar-refractivity contribution is 0.703. The summed E-state index contributed by atoms with van der Waals surface area (Å²) in [6.45, 7) is 2.67. The van der Waals surface area contributed by atoms with Crippen molar-refractivity contribution in [3.63, 3.8) is 0 Å². The first-order valence-corrected chi connectivity index (χ1v) is 5.01. The molecule has 0 amide bonds. The van der Waals surface area contributed by atoms with Crippen LogP contribution in [0.4, 0.5) is 0 Å². The van der Waals surface area contributed by atoms with Gasteiger partial charge in [0.1, 0.15) is 0 Å². The number of aliphatic imine (C=N–C) groups is 1. The van der Waals surface area contributed by atoms with E-state index in [-0.39, 0.29) is 0 Å². The topological polar surface area (TPSA) is 62.2 Å². The lowest BCUT2D eigenvalue weighted by atomic mass is 10.4. The van der Waals surface area contributed by atoms with E-state index in [1.807, 2.05) is 0 Å². The molecule has 1 aromatic rings. The predicted octanol–water partition coefficient (Wildman–Crippen LogP) is -0.0230. The summed E-state index contributed by atoms with van der Waals surface area (Å²) in [5.74, 6) is 0.889. The normalized spacial score (nSPS) is 16.2. The van der Waals surface area contributed by atoms with Crippen LogP contribution in [0, 0.1) is 0 Å². The minimum Gasteiger partial charge on any atom is -0.356 e. The van der Waals surface area contributed by atoms with Gasteiger partial charge < -0.3 is 10.6 Å². The van der Waals surface area contributed by atoms with Crippen molar-refractivity contribution in [1.29, 1.82) is 0 Å². The van der Waals surface area contributed by atoms with Gasteiger partial charge in [0.25, 0.3) is 0 Å². The molecule has 0 atom stereocenters. The molecule has 0 unspecified atom stereocenters. The van der Waals surface area contributed by atoms with Crippen molar-refractivity contribution in [2.45, 2.75) is 13.0 Å². The first kappa shape index (κ1) is 8.43. The highest BCUT2D eigenvalue weighted by Gasteiger charge is 2.03. The number of guanidine groups is 1. The van der Waals surface area contributed by atoms with Crippen molar-refractivity contribution in [3.8, 4) is 0 Å². The molecular weight excluding hydrogens is 186 g/mol. The maximum atomic E-state index is 4.29. The molecule has 13 heavy (non-hydrogen) atoms. The fraction of sp³-hybridized carbons (Fsp3) is 0.571. The number of aromatic nitrogens is 2. The Kier molecular flexibility index (Phi) is 2.71. The summed E-state index contributed by atoms with van der Waals surface area (Å²) < 4.78 is 3.78. The standard InChI is InChI=1S/C7H11N5S/c1-2-8-7(9-3-1)10-4-6-5-11-12-13-6/h5H,1-4H2,(H2,8,9,10). The van der Waals surface area contributed by atoms with Gasteiger partial charge in [-0.15, -0.1) is 5.10 Å². The van der Waals surface area contributed by atoms with Crippen LogP contribution >= 0.6 is 11.5 Å². The van der Waals surface area contributed by atoms with E-state index in [1.54, 1.807) is 6.20 Å². The molecule has 5 nitrogen and oxygen atoms in total. The Morgan fingerprint density at radius 2 is 2.62 bits per heavy atom. The van der Waals surface area contributed by atoms with Crippen LogP contribution in [0.1, 0.15) is 11.3 Å². The van der Waals surface area contributed by atoms with Crippen LogP contribution in [0.5, 0.6) is 0 Å². The molecule has 0 saturated heterocycles. The van der Waals surface area contributed by atoms with E-state index in [9.17, 15) is 0 Å². The molecule has 70 valence electrons. The summed E-state index contributed by atoms with van der Waals surface area (Å²) in [4.78, 5) is 5.41. The average Bonchev–Trinajstić information content (AvgIpc) is 2.69. The summed E-state index contributed by atoms with van der Waals surface area (Å²) in [7, 11) is 0. The number of hydrogen-bond acceptors (Lipinski definition) is 6. The van der Waals surface area contributed by atoms with Gasteiger partial charge in [-0.1, -0.05) is 4.49 Å². The summed E-state index contributed by atoms with van der Waals surface area (Å²) in [6.07, 6.45) is 2.88. The van der Waals surface area contributed by atoms with Crippen molar-refractivity contribution in [2.24, 2.45) is 4.99 Å². The molecule has 2 rings (SSSR count). The van der Waals surface area contributed by atoms with Crippen molar-refractivity contribution >= 4 is 17.5 Å². The second kappa shape index (κ2) is 4.18. The second-order valence-corrected chi connectivity index (χ2v) is 3.62. The summed E-state index contributed by atoms with van der Waals surface area (Å²) in [6, 6.07) is 0. The Labute approximate surface area is 80.4 Å². The van der Waals surface area contributed by atoms with Gasteiger partial charge >= 0.3 is 0 Å². The van der Waals surface area contributed by atoms with Crippen LogP contribution in [-0.2, 0) is 6.54 Å². The van der Waals surface area contributed by atoms with Crippen molar-refractivity contribution < 1.29 is 0 Å². The van der Waals surface area contributed by atoms with Crippen molar-refractivity contribution in [3.05, 3.63) is 11.1 Å². The van der Waals surface area contributed by atoms with Crippen LogP contribution in [0.15, 0.2) is 11.2 Å². The number of nitrogens with zero attached hydrogens (tertiary/aromatic N) is 3. The highest BCUT2D eigenvalue weighted by atomic mass is 32.1. The number of rotatable bonds is 2. The van der Waals surface area contributed by atoms with Gasteiger partial charge in [-0.25, -0.2) is 0 Å².